The van der Waals surface area contributed by atoms with Gasteiger partial charge in [-0.2, -0.15) is 0 Å². The molecule has 1 atom stereocenters. The van der Waals surface area contributed by atoms with E-state index in [1.807, 2.05) is 4.90 Å². The molecule has 1 aromatic carbocycles. The SMILES string of the molecule is CCOC(=O)C1=C(CCN)N(C[SeH])C(C)=C(C#N)C1c1cccc([N+](=O)[O-])c1. The number of ether oxygens (including phenoxy) is 1. The number of nitrogens with two attached hydrogens (primary N) is 1. The second-order valence-corrected chi connectivity index (χ2v) is 6.68. The molecule has 0 bridgehead atoms. The average Bonchev–Trinajstić information content (AvgIpc) is 2.68. The monoisotopic (exact) mass is 450 g/mol. The molecule has 0 radical (unpaired) electrons. The molecule has 1 aliphatic heterocycles. The van der Waals surface area contributed by atoms with Gasteiger partial charge in [0.05, 0.1) is 0 Å². The van der Waals surface area contributed by atoms with Gasteiger partial charge in [0.15, 0.2) is 0 Å². The van der Waals surface area contributed by atoms with Crippen LogP contribution in [0.1, 0.15) is 31.7 Å². The molecule has 2 N–H and O–H groups in total. The minimum atomic E-state index is -0.749. The van der Waals surface area contributed by atoms with Crippen molar-refractivity contribution in [3.05, 3.63) is 62.5 Å². The van der Waals surface area contributed by atoms with Gasteiger partial charge in [-0.25, -0.2) is 0 Å². The number of nitro groups is 1. The molecule has 8 nitrogen and oxygen atoms in total. The average molecular weight is 449 g/mol. The first-order chi connectivity index (χ1) is 13.4. The molecule has 0 spiro atoms. The van der Waals surface area contributed by atoms with Crippen LogP contribution in [-0.2, 0) is 9.53 Å². The molecule has 9 heteroatoms. The Morgan fingerprint density at radius 1 is 1.50 bits per heavy atom. The van der Waals surface area contributed by atoms with Gasteiger partial charge in [-0.1, -0.05) is 0 Å². The Labute approximate surface area is 171 Å². The van der Waals surface area contributed by atoms with E-state index in [0.717, 1.165) is 0 Å². The van der Waals surface area contributed by atoms with E-state index in [9.17, 15) is 20.2 Å². The fourth-order valence-corrected chi connectivity index (χ4v) is 4.16. The first kappa shape index (κ1) is 21.6. The van der Waals surface area contributed by atoms with Gasteiger partial charge in [-0.05, 0) is 0 Å². The third kappa shape index (κ3) is 4.09. The van der Waals surface area contributed by atoms with Gasteiger partial charge in [0.2, 0.25) is 0 Å². The first-order valence-corrected chi connectivity index (χ1v) is 10.1. The number of benzene rings is 1. The van der Waals surface area contributed by atoms with Crippen molar-refractivity contribution in [3.8, 4) is 6.07 Å². The van der Waals surface area contributed by atoms with Crippen LogP contribution in [0.25, 0.3) is 0 Å². The number of non-ortho nitro benzene ring substituents is 1. The van der Waals surface area contributed by atoms with Crippen molar-refractivity contribution in [2.24, 2.45) is 5.73 Å². The Morgan fingerprint density at radius 3 is 2.75 bits per heavy atom. The molecule has 2 rings (SSSR count). The number of allylic oxidation sites excluding steroid dienone is 2. The molecular formula is C19H22N4O4Se. The fraction of sp³-hybridized carbons (Fsp3) is 0.368. The van der Waals surface area contributed by atoms with Gasteiger partial charge in [0, 0.05) is 0 Å². The Balaban J connectivity index is 2.80. The second-order valence-electron chi connectivity index (χ2n) is 6.08. The van der Waals surface area contributed by atoms with Crippen LogP contribution in [0, 0.1) is 21.4 Å². The molecule has 0 saturated heterocycles. The second kappa shape index (κ2) is 9.51. The maximum absolute atomic E-state index is 12.9. The predicted molar refractivity (Wildman–Crippen MR) is 105 cm³/mol. The molecule has 0 fully saturated rings. The summed E-state index contributed by atoms with van der Waals surface area (Å²) in [6, 6.07) is 8.19. The van der Waals surface area contributed by atoms with Crippen LogP contribution < -0.4 is 5.73 Å². The Hall–Kier alpha value is -2.66. The van der Waals surface area contributed by atoms with Crippen molar-refractivity contribution in [1.29, 1.82) is 5.26 Å². The number of nitriles is 1. The number of hydrogen-bond donors (Lipinski definition) is 1. The van der Waals surface area contributed by atoms with Crippen LogP contribution in [-0.4, -0.2) is 50.4 Å². The summed E-state index contributed by atoms with van der Waals surface area (Å²) in [5, 5.41) is 21.1. The molecule has 1 heterocycles. The Bertz CT molecular complexity index is 888. The fourth-order valence-electron chi connectivity index (χ4n) is 3.35. The summed E-state index contributed by atoms with van der Waals surface area (Å²) in [5.41, 5.74) is 8.69. The van der Waals surface area contributed by atoms with E-state index < -0.39 is 16.8 Å². The van der Waals surface area contributed by atoms with Gasteiger partial charge >= 0.3 is 171 Å². The molecule has 28 heavy (non-hydrogen) atoms. The standard InChI is InChI=1S/C19H22N4O4Se/c1-3-27-19(24)18-16(7-8-20)22(11-28)12(2)15(10-21)17(18)13-5-4-6-14(9-13)23(25)26/h4-6,9,17,28H,3,7-8,11,20H2,1-2H3. The molecule has 1 aliphatic rings. The summed E-state index contributed by atoms with van der Waals surface area (Å²) in [6.45, 7) is 3.98. The number of carbonyl (C=O) groups is 1. The normalized spacial score (nSPS) is 16.8. The quantitative estimate of drug-likeness (QED) is 0.292. The van der Waals surface area contributed by atoms with E-state index in [1.165, 1.54) is 12.1 Å². The molecule has 1 unspecified atom stereocenters. The summed E-state index contributed by atoms with van der Waals surface area (Å²) in [5.74, 6) is -1.30. The molecule has 1 aromatic rings. The number of rotatable bonds is 7. The number of carbonyl (C=O) groups excluding carboxylic acids is 1. The summed E-state index contributed by atoms with van der Waals surface area (Å²) >= 11 is 2.42. The molecule has 0 aromatic heterocycles. The first-order valence-electron chi connectivity index (χ1n) is 8.75. The van der Waals surface area contributed by atoms with Gasteiger partial charge < -0.3 is 0 Å². The van der Waals surface area contributed by atoms with Gasteiger partial charge in [0.1, 0.15) is 0 Å². The zero-order valence-corrected chi connectivity index (χ0v) is 17.6. The van der Waals surface area contributed by atoms with Crippen molar-refractivity contribution >= 4 is 27.7 Å². The predicted octanol–water partition coefficient (Wildman–Crippen LogP) is 1.82. The van der Waals surface area contributed by atoms with Crippen LogP contribution in [0.5, 0.6) is 0 Å². The summed E-state index contributed by atoms with van der Waals surface area (Å²) in [7, 11) is 0. The Morgan fingerprint density at radius 2 is 2.21 bits per heavy atom. The summed E-state index contributed by atoms with van der Waals surface area (Å²) in [4.78, 5) is 25.5. The van der Waals surface area contributed by atoms with E-state index in [4.69, 9.17) is 10.5 Å². The zero-order chi connectivity index (χ0) is 20.8. The van der Waals surface area contributed by atoms with Crippen molar-refractivity contribution < 1.29 is 14.5 Å². The van der Waals surface area contributed by atoms with Crippen LogP contribution in [0.15, 0.2) is 46.8 Å². The van der Waals surface area contributed by atoms with Gasteiger partial charge in [0.25, 0.3) is 0 Å². The van der Waals surface area contributed by atoms with Crippen molar-refractivity contribution in [2.75, 3.05) is 18.6 Å². The number of nitro benzene ring substituents is 1. The van der Waals surface area contributed by atoms with Crippen molar-refractivity contribution in [1.82, 2.24) is 4.90 Å². The van der Waals surface area contributed by atoms with E-state index in [2.05, 4.69) is 22.1 Å². The maximum atomic E-state index is 12.9. The third-order valence-electron chi connectivity index (χ3n) is 4.56. The molecule has 0 saturated carbocycles. The van der Waals surface area contributed by atoms with Crippen LogP contribution in [0.4, 0.5) is 5.69 Å². The van der Waals surface area contributed by atoms with Crippen molar-refractivity contribution in [2.45, 2.75) is 26.2 Å². The molecule has 148 valence electrons. The number of esters is 1. The zero-order valence-electron chi connectivity index (χ0n) is 15.7. The minimum absolute atomic E-state index is 0.106. The topological polar surface area (TPSA) is 122 Å². The molecular weight excluding hydrogens is 427 g/mol. The summed E-state index contributed by atoms with van der Waals surface area (Å²) < 4.78 is 5.27. The van der Waals surface area contributed by atoms with Gasteiger partial charge in [-0.15, -0.1) is 0 Å². The van der Waals surface area contributed by atoms with E-state index >= 15 is 0 Å². The van der Waals surface area contributed by atoms with Crippen LogP contribution in [0.2, 0.25) is 0 Å². The van der Waals surface area contributed by atoms with Crippen LogP contribution >= 0.6 is 0 Å². The Kier molecular flexibility index (Phi) is 7.35. The van der Waals surface area contributed by atoms with E-state index in [1.54, 1.807) is 26.0 Å². The van der Waals surface area contributed by atoms with Gasteiger partial charge in [-0.3, -0.25) is 0 Å². The van der Waals surface area contributed by atoms with E-state index in [-0.39, 0.29) is 12.3 Å². The third-order valence-corrected chi connectivity index (χ3v) is 5.15. The molecule has 0 aliphatic carbocycles. The number of nitrogens with zero attached hydrogens (tertiary/aromatic N) is 3. The summed E-state index contributed by atoms with van der Waals surface area (Å²) in [6.07, 6.45) is 0.410. The van der Waals surface area contributed by atoms with E-state index in [0.29, 0.717) is 46.5 Å². The molecule has 0 amide bonds. The van der Waals surface area contributed by atoms with Crippen LogP contribution in [0.3, 0.4) is 0 Å². The number of hydrogen-bond acceptors (Lipinski definition) is 7. The van der Waals surface area contributed by atoms with Crippen molar-refractivity contribution in [3.63, 3.8) is 0 Å².